The van der Waals surface area contributed by atoms with Gasteiger partial charge in [0.2, 0.25) is 0 Å². The first-order chi connectivity index (χ1) is 9.02. The zero-order valence-electron chi connectivity index (χ0n) is 9.91. The van der Waals surface area contributed by atoms with Crippen molar-refractivity contribution in [3.63, 3.8) is 0 Å². The minimum atomic E-state index is -0.464. The van der Waals surface area contributed by atoms with E-state index in [0.717, 1.165) is 11.8 Å². The third kappa shape index (κ3) is 2.89. The summed E-state index contributed by atoms with van der Waals surface area (Å²) in [4.78, 5) is 15.0. The van der Waals surface area contributed by atoms with E-state index in [2.05, 4.69) is 4.98 Å². The lowest BCUT2D eigenvalue weighted by Crippen LogP contribution is -1.98. The summed E-state index contributed by atoms with van der Waals surface area (Å²) in [6.07, 6.45) is 1.53. The molecule has 0 fully saturated rings. The second kappa shape index (κ2) is 5.60. The fourth-order valence-corrected chi connectivity index (χ4v) is 2.71. The van der Waals surface area contributed by atoms with Gasteiger partial charge in [0.1, 0.15) is 0 Å². The quantitative estimate of drug-likeness (QED) is 0.693. The average molecular weight is 300 g/mol. The molecule has 8 heteroatoms. The number of aliphatic hydroxyl groups is 1. The number of imidazole rings is 1. The van der Waals surface area contributed by atoms with Crippen LogP contribution in [0.3, 0.4) is 0 Å². The molecule has 0 aliphatic carbocycles. The summed E-state index contributed by atoms with van der Waals surface area (Å²) < 4.78 is 1.68. The number of halogens is 1. The number of nitro groups is 1. The molecule has 0 amide bonds. The Hall–Kier alpha value is -1.57. The molecule has 1 aromatic carbocycles. The van der Waals surface area contributed by atoms with Crippen LogP contribution in [0.5, 0.6) is 0 Å². The van der Waals surface area contributed by atoms with Crippen molar-refractivity contribution in [2.24, 2.45) is 7.05 Å². The highest BCUT2D eigenvalue weighted by atomic mass is 35.5. The van der Waals surface area contributed by atoms with E-state index in [1.165, 1.54) is 24.4 Å². The van der Waals surface area contributed by atoms with Crippen LogP contribution in [0, 0.1) is 10.1 Å². The van der Waals surface area contributed by atoms with Crippen molar-refractivity contribution < 1.29 is 10.0 Å². The Morgan fingerprint density at radius 3 is 2.89 bits per heavy atom. The molecule has 0 saturated carbocycles. The summed E-state index contributed by atoms with van der Waals surface area (Å²) in [7, 11) is 1.73. The molecule has 6 nitrogen and oxygen atoms in total. The van der Waals surface area contributed by atoms with E-state index >= 15 is 0 Å². The summed E-state index contributed by atoms with van der Waals surface area (Å²) in [6.45, 7) is -0.137. The fourth-order valence-electron chi connectivity index (χ4n) is 1.49. The maximum Gasteiger partial charge on any atom is 0.283 e. The number of aromatic nitrogens is 2. The second-order valence-electron chi connectivity index (χ2n) is 3.72. The summed E-state index contributed by atoms with van der Waals surface area (Å²) in [6, 6.07) is 4.36. The fraction of sp³-hybridized carbons (Fsp3) is 0.182. The molecule has 100 valence electrons. The lowest BCUT2D eigenvalue weighted by atomic mass is 10.3. The molecule has 0 atom stereocenters. The molecule has 0 saturated heterocycles. The Morgan fingerprint density at radius 2 is 2.32 bits per heavy atom. The van der Waals surface area contributed by atoms with Crippen molar-refractivity contribution in [1.29, 1.82) is 0 Å². The van der Waals surface area contributed by atoms with Gasteiger partial charge in [0, 0.05) is 18.1 Å². The number of hydrogen-bond acceptors (Lipinski definition) is 5. The van der Waals surface area contributed by atoms with E-state index in [1.54, 1.807) is 11.6 Å². The molecule has 1 aromatic heterocycles. The van der Waals surface area contributed by atoms with Gasteiger partial charge in [-0.05, 0) is 23.9 Å². The van der Waals surface area contributed by atoms with Crippen molar-refractivity contribution in [3.05, 3.63) is 45.2 Å². The third-order valence-electron chi connectivity index (χ3n) is 2.52. The molecule has 0 bridgehead atoms. The van der Waals surface area contributed by atoms with Crippen LogP contribution in [0.15, 0.2) is 34.4 Å². The topological polar surface area (TPSA) is 81.2 Å². The molecule has 1 N–H and O–H groups in total. The molecule has 0 aliphatic rings. The summed E-state index contributed by atoms with van der Waals surface area (Å²) in [5.74, 6) is 0. The van der Waals surface area contributed by atoms with Crippen LogP contribution < -0.4 is 0 Å². The number of rotatable bonds is 4. The number of nitrogens with zero attached hydrogens (tertiary/aromatic N) is 3. The van der Waals surface area contributed by atoms with Gasteiger partial charge in [0.05, 0.1) is 28.3 Å². The Morgan fingerprint density at radius 1 is 1.58 bits per heavy atom. The molecule has 1 heterocycles. The highest BCUT2D eigenvalue weighted by Crippen LogP contribution is 2.35. The predicted molar refractivity (Wildman–Crippen MR) is 71.4 cm³/mol. The van der Waals surface area contributed by atoms with E-state index in [0.29, 0.717) is 20.8 Å². The van der Waals surface area contributed by atoms with Gasteiger partial charge in [-0.2, -0.15) is 0 Å². The molecule has 2 aromatic rings. The third-order valence-corrected chi connectivity index (χ3v) is 3.87. The number of hydrogen-bond donors (Lipinski definition) is 1. The lowest BCUT2D eigenvalue weighted by molar-refractivity contribution is -0.387. The van der Waals surface area contributed by atoms with E-state index in [-0.39, 0.29) is 12.3 Å². The zero-order chi connectivity index (χ0) is 14.0. The highest BCUT2D eigenvalue weighted by molar-refractivity contribution is 7.99. The molecular formula is C11H10ClN3O3S. The number of benzene rings is 1. The number of nitro benzene ring substituents is 1. The van der Waals surface area contributed by atoms with Crippen LogP contribution in [0.1, 0.15) is 5.69 Å². The normalized spacial score (nSPS) is 10.7. The maximum atomic E-state index is 11.0. The summed E-state index contributed by atoms with van der Waals surface area (Å²) >= 11 is 6.99. The first-order valence-corrected chi connectivity index (χ1v) is 6.45. The van der Waals surface area contributed by atoms with Crippen LogP contribution in [0.4, 0.5) is 5.69 Å². The molecule has 0 radical (unpaired) electrons. The Balaban J connectivity index is 2.39. The minimum Gasteiger partial charge on any atom is -0.390 e. The zero-order valence-corrected chi connectivity index (χ0v) is 11.5. The number of aliphatic hydroxyl groups excluding tert-OH is 1. The average Bonchev–Trinajstić information content (AvgIpc) is 2.70. The Bertz CT molecular complexity index is 630. The maximum absolute atomic E-state index is 11.0. The highest BCUT2D eigenvalue weighted by Gasteiger charge is 2.17. The van der Waals surface area contributed by atoms with E-state index in [9.17, 15) is 10.1 Å². The second-order valence-corrected chi connectivity index (χ2v) is 5.17. The van der Waals surface area contributed by atoms with Crippen LogP contribution in [-0.4, -0.2) is 19.6 Å². The molecule has 0 aliphatic heterocycles. The van der Waals surface area contributed by atoms with Gasteiger partial charge < -0.3 is 9.67 Å². The predicted octanol–water partition coefficient (Wildman–Crippen LogP) is 2.63. The molecular weight excluding hydrogens is 290 g/mol. The summed E-state index contributed by atoms with van der Waals surface area (Å²) in [5, 5.41) is 21.0. The molecule has 2 rings (SSSR count). The van der Waals surface area contributed by atoms with Crippen molar-refractivity contribution in [3.8, 4) is 0 Å². The van der Waals surface area contributed by atoms with E-state index < -0.39 is 4.92 Å². The molecule has 0 unspecified atom stereocenters. The van der Waals surface area contributed by atoms with Crippen LogP contribution >= 0.6 is 23.4 Å². The smallest absolute Gasteiger partial charge is 0.283 e. The van der Waals surface area contributed by atoms with Crippen molar-refractivity contribution in [2.45, 2.75) is 16.7 Å². The van der Waals surface area contributed by atoms with Crippen LogP contribution in [0.2, 0.25) is 5.02 Å². The van der Waals surface area contributed by atoms with Crippen molar-refractivity contribution >= 4 is 29.1 Å². The van der Waals surface area contributed by atoms with Crippen LogP contribution in [-0.2, 0) is 13.7 Å². The monoisotopic (exact) mass is 299 g/mol. The Kier molecular flexibility index (Phi) is 4.08. The first-order valence-electron chi connectivity index (χ1n) is 5.26. The van der Waals surface area contributed by atoms with Crippen LogP contribution in [0.25, 0.3) is 0 Å². The van der Waals surface area contributed by atoms with Gasteiger partial charge >= 0.3 is 0 Å². The largest absolute Gasteiger partial charge is 0.390 e. The molecule has 19 heavy (non-hydrogen) atoms. The van der Waals surface area contributed by atoms with Gasteiger partial charge in [-0.3, -0.25) is 10.1 Å². The Labute approximate surface area is 118 Å². The molecule has 0 spiro atoms. The van der Waals surface area contributed by atoms with E-state index in [1.807, 2.05) is 0 Å². The lowest BCUT2D eigenvalue weighted by Gasteiger charge is -2.05. The van der Waals surface area contributed by atoms with Gasteiger partial charge in [-0.1, -0.05) is 11.6 Å². The van der Waals surface area contributed by atoms with Gasteiger partial charge in [0.15, 0.2) is 5.16 Å². The standard InChI is InChI=1S/C11H10ClN3O3S/c1-14-8(6-16)5-13-11(14)19-10-4-7(12)2-3-9(10)15(17)18/h2-5,16H,6H2,1H3. The first kappa shape index (κ1) is 13.9. The summed E-state index contributed by atoms with van der Waals surface area (Å²) in [5.41, 5.74) is 0.607. The van der Waals surface area contributed by atoms with Crippen molar-refractivity contribution in [2.75, 3.05) is 0 Å². The SMILES string of the molecule is Cn1c(CO)cnc1Sc1cc(Cl)ccc1[N+](=O)[O-]. The van der Waals surface area contributed by atoms with E-state index in [4.69, 9.17) is 16.7 Å². The van der Waals surface area contributed by atoms with Gasteiger partial charge in [0.25, 0.3) is 5.69 Å². The minimum absolute atomic E-state index is 0.0250. The van der Waals surface area contributed by atoms with Gasteiger partial charge in [-0.25, -0.2) is 4.98 Å². The van der Waals surface area contributed by atoms with Gasteiger partial charge in [-0.15, -0.1) is 0 Å². The van der Waals surface area contributed by atoms with Crippen molar-refractivity contribution in [1.82, 2.24) is 9.55 Å².